The molecule has 2 aromatic rings. The molecular weight excluding hydrogens is 414 g/mol. The number of carbonyl (C=O) groups excluding carboxylic acids is 1. The monoisotopic (exact) mass is 438 g/mol. The third-order valence-corrected chi connectivity index (χ3v) is 8.91. The predicted octanol–water partition coefficient (Wildman–Crippen LogP) is 3.27. The van der Waals surface area contributed by atoms with Crippen molar-refractivity contribution in [3.8, 4) is 0 Å². The molecule has 162 valence electrons. The molecule has 0 radical (unpaired) electrons. The van der Waals surface area contributed by atoms with E-state index in [1.54, 1.807) is 14.0 Å². The van der Waals surface area contributed by atoms with Gasteiger partial charge in [0.15, 0.2) is 21.5 Å². The molecule has 2 saturated carbocycles. The highest BCUT2D eigenvalue weighted by molar-refractivity contribution is 7.92. The van der Waals surface area contributed by atoms with Crippen molar-refractivity contribution in [2.45, 2.75) is 48.4 Å². The molecule has 2 N–H and O–H groups in total. The van der Waals surface area contributed by atoms with Crippen LogP contribution in [0.15, 0.2) is 35.4 Å². The van der Waals surface area contributed by atoms with Crippen molar-refractivity contribution in [1.82, 2.24) is 4.57 Å². The number of carbonyl (C=O) groups is 1. The molecule has 1 amide bonds. The second kappa shape index (κ2) is 7.16. The molecule has 0 saturated heterocycles. The summed E-state index contributed by atoms with van der Waals surface area (Å²) < 4.78 is 54.3. The molecule has 2 aliphatic rings. The molecule has 2 fully saturated rings. The van der Waals surface area contributed by atoms with Crippen LogP contribution in [-0.2, 0) is 16.9 Å². The van der Waals surface area contributed by atoms with Crippen LogP contribution in [0, 0.1) is 23.5 Å². The molecule has 9 heteroatoms. The van der Waals surface area contributed by atoms with Crippen molar-refractivity contribution < 1.29 is 27.1 Å². The minimum atomic E-state index is -3.68. The van der Waals surface area contributed by atoms with Crippen molar-refractivity contribution >= 4 is 21.4 Å². The number of nitrogens with zero attached hydrogens (tertiary/aromatic N) is 1. The van der Waals surface area contributed by atoms with E-state index in [0.717, 1.165) is 25.0 Å². The number of hydrogen-bond donors (Lipinski definition) is 2. The predicted molar refractivity (Wildman–Crippen MR) is 107 cm³/mol. The van der Waals surface area contributed by atoms with Crippen LogP contribution in [0.1, 0.15) is 43.1 Å². The molecule has 4 rings (SSSR count). The van der Waals surface area contributed by atoms with E-state index in [1.165, 1.54) is 22.9 Å². The summed E-state index contributed by atoms with van der Waals surface area (Å²) in [6.07, 6.45) is 3.83. The summed E-state index contributed by atoms with van der Waals surface area (Å²) in [4.78, 5) is 12.6. The van der Waals surface area contributed by atoms with Gasteiger partial charge in [-0.05, 0) is 62.6 Å². The third-order valence-electron chi connectivity index (χ3n) is 6.77. The number of aromatic nitrogens is 1. The van der Waals surface area contributed by atoms with Crippen LogP contribution in [0.3, 0.4) is 0 Å². The van der Waals surface area contributed by atoms with Crippen LogP contribution in [0.5, 0.6) is 0 Å². The first kappa shape index (κ1) is 21.0. The summed E-state index contributed by atoms with van der Waals surface area (Å²) in [6, 6.07) is 4.29. The number of aryl methyl sites for hydroxylation is 1. The quantitative estimate of drug-likeness (QED) is 0.767. The van der Waals surface area contributed by atoms with Crippen molar-refractivity contribution in [3.05, 3.63) is 47.8 Å². The number of sulfone groups is 1. The Morgan fingerprint density at radius 3 is 2.40 bits per heavy atom. The fourth-order valence-corrected chi connectivity index (χ4v) is 6.83. The van der Waals surface area contributed by atoms with Gasteiger partial charge in [-0.15, -0.1) is 0 Å². The Balaban J connectivity index is 1.56. The molecule has 0 spiro atoms. The van der Waals surface area contributed by atoms with Gasteiger partial charge in [-0.3, -0.25) is 4.79 Å². The Labute approximate surface area is 173 Å². The molecule has 2 bridgehead atoms. The number of benzene rings is 1. The molecule has 3 unspecified atom stereocenters. The Hall–Kier alpha value is -2.26. The van der Waals surface area contributed by atoms with Crippen LogP contribution in [0.4, 0.5) is 14.5 Å². The first-order valence-corrected chi connectivity index (χ1v) is 11.4. The van der Waals surface area contributed by atoms with Crippen LogP contribution in [0.25, 0.3) is 0 Å². The number of hydrogen-bond acceptors (Lipinski definition) is 4. The molecular formula is C21H24F2N2O4S. The van der Waals surface area contributed by atoms with Crippen molar-refractivity contribution in [2.75, 3.05) is 5.32 Å². The lowest BCUT2D eigenvalue weighted by atomic mass is 9.76. The second-order valence-corrected chi connectivity index (χ2v) is 10.8. The Bertz CT molecular complexity index is 1090. The molecule has 1 heterocycles. The highest BCUT2D eigenvalue weighted by Gasteiger charge is 2.53. The molecule has 1 aromatic heterocycles. The molecule has 6 nitrogen and oxygen atoms in total. The summed E-state index contributed by atoms with van der Waals surface area (Å²) in [6.45, 7) is 1.79. The van der Waals surface area contributed by atoms with Gasteiger partial charge >= 0.3 is 0 Å². The van der Waals surface area contributed by atoms with E-state index < -0.39 is 38.2 Å². The number of amides is 1. The van der Waals surface area contributed by atoms with Crippen molar-refractivity contribution in [3.63, 3.8) is 0 Å². The Kier molecular flexibility index (Phi) is 5.01. The van der Waals surface area contributed by atoms with E-state index in [9.17, 15) is 27.1 Å². The Morgan fingerprint density at radius 1 is 1.17 bits per heavy atom. The van der Waals surface area contributed by atoms with E-state index in [1.807, 2.05) is 0 Å². The van der Waals surface area contributed by atoms with E-state index in [-0.39, 0.29) is 28.1 Å². The zero-order valence-corrected chi connectivity index (χ0v) is 17.5. The van der Waals surface area contributed by atoms with Crippen LogP contribution in [-0.4, -0.2) is 34.8 Å². The first-order chi connectivity index (χ1) is 14.0. The van der Waals surface area contributed by atoms with Crippen LogP contribution >= 0.6 is 0 Å². The highest BCUT2D eigenvalue weighted by atomic mass is 32.2. The van der Waals surface area contributed by atoms with Crippen LogP contribution < -0.4 is 5.32 Å². The standard InChI is InChI=1S/C21H24F2N2O4S/c1-21(27)12-3-4-13(21)8-15(7-12)30(28,29)16-10-19(25(2)11-16)20(26)24-14-5-6-17(22)18(23)9-14/h5-6,9-13,15,27H,3-4,7-8H2,1-2H3,(H,24,26)/t12-,13?,15?,21?/m0/s1. The van der Waals surface area contributed by atoms with Gasteiger partial charge in [0.25, 0.3) is 5.91 Å². The van der Waals surface area contributed by atoms with E-state index >= 15 is 0 Å². The zero-order chi connectivity index (χ0) is 21.8. The van der Waals surface area contributed by atoms with E-state index in [0.29, 0.717) is 12.8 Å². The highest BCUT2D eigenvalue weighted by Crippen LogP contribution is 2.51. The minimum Gasteiger partial charge on any atom is -0.390 e. The molecule has 0 aliphatic heterocycles. The lowest BCUT2D eigenvalue weighted by Gasteiger charge is -2.39. The summed E-state index contributed by atoms with van der Waals surface area (Å²) in [5, 5.41) is 12.5. The number of aliphatic hydroxyl groups is 1. The van der Waals surface area contributed by atoms with Gasteiger partial charge < -0.3 is 15.0 Å². The van der Waals surface area contributed by atoms with Gasteiger partial charge in [0.1, 0.15) is 5.69 Å². The van der Waals surface area contributed by atoms with Crippen molar-refractivity contribution in [1.29, 1.82) is 0 Å². The minimum absolute atomic E-state index is 0.0455. The smallest absolute Gasteiger partial charge is 0.272 e. The molecule has 2 aliphatic carbocycles. The normalized spacial score (nSPS) is 28.5. The van der Waals surface area contributed by atoms with Crippen molar-refractivity contribution in [2.24, 2.45) is 18.9 Å². The van der Waals surface area contributed by atoms with Gasteiger partial charge in [-0.25, -0.2) is 17.2 Å². The lowest BCUT2D eigenvalue weighted by molar-refractivity contribution is -0.0413. The number of rotatable bonds is 4. The van der Waals surface area contributed by atoms with E-state index in [4.69, 9.17) is 0 Å². The van der Waals surface area contributed by atoms with Crippen LogP contribution in [0.2, 0.25) is 0 Å². The summed E-state index contributed by atoms with van der Waals surface area (Å²) in [5.41, 5.74) is -0.669. The number of fused-ring (bicyclic) bond motifs is 2. The largest absolute Gasteiger partial charge is 0.390 e. The lowest BCUT2D eigenvalue weighted by Crippen LogP contribution is -2.45. The summed E-state index contributed by atoms with van der Waals surface area (Å²) in [5.74, 6) is -2.84. The molecule has 1 aromatic carbocycles. The second-order valence-electron chi connectivity index (χ2n) is 8.59. The maximum absolute atomic E-state index is 13.4. The number of nitrogens with one attached hydrogen (secondary N) is 1. The fourth-order valence-electron chi connectivity index (χ4n) is 4.89. The SMILES string of the molecule is Cn1cc(S(=O)(=O)C2CC3CC[C@@H](C2)C3(C)O)cc1C(=O)Nc1ccc(F)c(F)c1. The first-order valence-electron chi connectivity index (χ1n) is 9.89. The van der Waals surface area contributed by atoms with Gasteiger partial charge in [0.05, 0.1) is 15.7 Å². The topological polar surface area (TPSA) is 88.4 Å². The maximum Gasteiger partial charge on any atom is 0.272 e. The fraction of sp³-hybridized carbons (Fsp3) is 0.476. The zero-order valence-electron chi connectivity index (χ0n) is 16.7. The summed E-state index contributed by atoms with van der Waals surface area (Å²) >= 11 is 0. The summed E-state index contributed by atoms with van der Waals surface area (Å²) in [7, 11) is -2.13. The van der Waals surface area contributed by atoms with Gasteiger partial charge in [-0.1, -0.05) is 0 Å². The molecule has 30 heavy (non-hydrogen) atoms. The maximum atomic E-state index is 13.4. The third kappa shape index (κ3) is 3.43. The van der Waals surface area contributed by atoms with Gasteiger partial charge in [0, 0.05) is 25.0 Å². The van der Waals surface area contributed by atoms with E-state index in [2.05, 4.69) is 5.32 Å². The molecule has 4 atom stereocenters. The number of halogens is 2. The average Bonchev–Trinajstić information content (AvgIpc) is 3.07. The average molecular weight is 438 g/mol. The number of anilines is 1. The van der Waals surface area contributed by atoms with Gasteiger partial charge in [-0.2, -0.15) is 0 Å². The van der Waals surface area contributed by atoms with Gasteiger partial charge in [0.2, 0.25) is 0 Å². The Morgan fingerprint density at radius 2 is 1.80 bits per heavy atom.